The van der Waals surface area contributed by atoms with Gasteiger partial charge in [0.05, 0.1) is 12.8 Å². The largest absolute Gasteiger partial charge is 0.491 e. The molecule has 0 saturated carbocycles. The van der Waals surface area contributed by atoms with Gasteiger partial charge in [-0.1, -0.05) is 26.8 Å². The number of amides is 1. The number of methoxy groups -OCH3 is 1. The van der Waals surface area contributed by atoms with E-state index in [0.29, 0.717) is 5.70 Å². The van der Waals surface area contributed by atoms with Crippen LogP contribution in [-0.2, 0) is 14.3 Å². The highest BCUT2D eigenvalue weighted by Crippen LogP contribution is 2.26. The molecule has 0 spiro atoms. The average Bonchev–Trinajstić information content (AvgIpc) is 2.87. The molecule has 114 valence electrons. The molecule has 4 nitrogen and oxygen atoms in total. The van der Waals surface area contributed by atoms with E-state index < -0.39 is 5.41 Å². The lowest BCUT2D eigenvalue weighted by Crippen LogP contribution is -2.32. The predicted molar refractivity (Wildman–Crippen MR) is 85.7 cm³/mol. The van der Waals surface area contributed by atoms with Crippen molar-refractivity contribution in [2.75, 3.05) is 7.11 Å². The standard InChI is InChI=1S/C16H21NO3S/c1-11(18)14(20-5)15(16(2,3)4)17-13(19)9-8-12-7-6-10-21-12/h6-10H,1-5H3,(H,17,19)/b9-8+,15-14+. The van der Waals surface area contributed by atoms with Crippen molar-refractivity contribution < 1.29 is 14.3 Å². The Kier molecular flexibility index (Phi) is 5.90. The highest BCUT2D eigenvalue weighted by atomic mass is 32.1. The maximum atomic E-state index is 12.0. The number of thiophene rings is 1. The number of allylic oxidation sites excluding steroid dienone is 2. The van der Waals surface area contributed by atoms with Gasteiger partial charge in [0.25, 0.3) is 0 Å². The zero-order chi connectivity index (χ0) is 16.0. The minimum Gasteiger partial charge on any atom is -0.491 e. The van der Waals surface area contributed by atoms with Gasteiger partial charge in [-0.3, -0.25) is 9.59 Å². The van der Waals surface area contributed by atoms with E-state index in [2.05, 4.69) is 5.32 Å². The van der Waals surface area contributed by atoms with E-state index in [1.54, 1.807) is 17.4 Å². The Morgan fingerprint density at radius 2 is 2.00 bits per heavy atom. The van der Waals surface area contributed by atoms with E-state index in [-0.39, 0.29) is 17.4 Å². The van der Waals surface area contributed by atoms with Gasteiger partial charge in [0.1, 0.15) is 0 Å². The zero-order valence-electron chi connectivity index (χ0n) is 13.0. The summed E-state index contributed by atoms with van der Waals surface area (Å²) in [5.41, 5.74) is 0.0713. The van der Waals surface area contributed by atoms with Gasteiger partial charge >= 0.3 is 0 Å². The second-order valence-corrected chi connectivity index (χ2v) is 6.53. The van der Waals surface area contributed by atoms with Crippen LogP contribution in [0.1, 0.15) is 32.6 Å². The Morgan fingerprint density at radius 3 is 2.43 bits per heavy atom. The molecule has 0 bridgehead atoms. The summed E-state index contributed by atoms with van der Waals surface area (Å²) in [4.78, 5) is 24.7. The third-order valence-electron chi connectivity index (χ3n) is 2.69. The predicted octanol–water partition coefficient (Wildman–Crippen LogP) is 3.37. The molecule has 1 rings (SSSR count). The first-order valence-electron chi connectivity index (χ1n) is 6.58. The van der Waals surface area contributed by atoms with E-state index >= 15 is 0 Å². The molecule has 0 fully saturated rings. The lowest BCUT2D eigenvalue weighted by molar-refractivity contribution is -0.117. The molecule has 0 unspecified atom stereocenters. The molecule has 1 heterocycles. The summed E-state index contributed by atoms with van der Waals surface area (Å²) in [6.07, 6.45) is 3.19. The first-order chi connectivity index (χ1) is 9.75. The fourth-order valence-corrected chi connectivity index (χ4v) is 2.33. The number of carbonyl (C=O) groups is 2. The van der Waals surface area contributed by atoms with Gasteiger partial charge < -0.3 is 10.1 Å². The van der Waals surface area contributed by atoms with Gasteiger partial charge in [-0.15, -0.1) is 11.3 Å². The Hall–Kier alpha value is -1.88. The molecule has 0 aliphatic carbocycles. The van der Waals surface area contributed by atoms with Crippen LogP contribution in [0.3, 0.4) is 0 Å². The second kappa shape index (κ2) is 7.22. The first-order valence-corrected chi connectivity index (χ1v) is 7.46. The van der Waals surface area contributed by atoms with Gasteiger partial charge in [-0.25, -0.2) is 0 Å². The summed E-state index contributed by atoms with van der Waals surface area (Å²) in [5.74, 6) is -0.325. The summed E-state index contributed by atoms with van der Waals surface area (Å²) < 4.78 is 5.14. The quantitative estimate of drug-likeness (QED) is 0.670. The third kappa shape index (κ3) is 5.19. The van der Waals surface area contributed by atoms with E-state index in [0.717, 1.165) is 4.88 Å². The monoisotopic (exact) mass is 307 g/mol. The van der Waals surface area contributed by atoms with Gasteiger partial charge in [-0.05, 0) is 17.5 Å². The Morgan fingerprint density at radius 1 is 1.33 bits per heavy atom. The SMILES string of the molecule is CO/C(C(C)=O)=C(/NC(=O)/C=C/c1cccs1)C(C)(C)C. The Balaban J connectivity index is 2.98. The number of nitrogens with one attached hydrogen (secondary N) is 1. The van der Waals surface area contributed by atoms with Crippen molar-refractivity contribution in [3.8, 4) is 0 Å². The van der Waals surface area contributed by atoms with Crippen molar-refractivity contribution in [2.24, 2.45) is 5.41 Å². The number of hydrogen-bond acceptors (Lipinski definition) is 4. The van der Waals surface area contributed by atoms with Crippen LogP contribution in [0, 0.1) is 5.41 Å². The fourth-order valence-electron chi connectivity index (χ4n) is 1.72. The molecule has 0 aliphatic heterocycles. The normalized spacial score (nSPS) is 13.0. The van der Waals surface area contributed by atoms with Crippen molar-refractivity contribution in [1.29, 1.82) is 0 Å². The number of Topliss-reactive ketones (excluding diaryl/α,β-unsaturated/α-hetero) is 1. The van der Waals surface area contributed by atoms with Crippen LogP contribution >= 0.6 is 11.3 Å². The van der Waals surface area contributed by atoms with Crippen LogP contribution in [0.25, 0.3) is 6.08 Å². The van der Waals surface area contributed by atoms with E-state index in [4.69, 9.17) is 4.74 Å². The molecule has 0 aliphatic rings. The maximum absolute atomic E-state index is 12.0. The summed E-state index contributed by atoms with van der Waals surface area (Å²) in [6, 6.07) is 3.84. The third-order valence-corrected chi connectivity index (χ3v) is 3.53. The summed E-state index contributed by atoms with van der Waals surface area (Å²) in [7, 11) is 1.43. The molecule has 1 aromatic heterocycles. The molecule has 0 atom stereocenters. The highest BCUT2D eigenvalue weighted by molar-refractivity contribution is 7.10. The number of carbonyl (C=O) groups excluding carboxylic acids is 2. The maximum Gasteiger partial charge on any atom is 0.248 e. The number of hydrogen-bond donors (Lipinski definition) is 1. The van der Waals surface area contributed by atoms with Gasteiger partial charge in [-0.2, -0.15) is 0 Å². The Labute approximate surface area is 129 Å². The van der Waals surface area contributed by atoms with E-state index in [1.165, 1.54) is 20.1 Å². The van der Waals surface area contributed by atoms with Crippen molar-refractivity contribution in [2.45, 2.75) is 27.7 Å². The number of rotatable bonds is 5. The molecule has 1 aromatic rings. The van der Waals surface area contributed by atoms with E-state index in [9.17, 15) is 9.59 Å². The molecule has 0 saturated heterocycles. The molecule has 1 N–H and O–H groups in total. The van der Waals surface area contributed by atoms with E-state index in [1.807, 2.05) is 38.3 Å². The number of ether oxygens (including phenoxy) is 1. The van der Waals surface area contributed by atoms with Crippen LogP contribution in [0.2, 0.25) is 0 Å². The van der Waals surface area contributed by atoms with Crippen molar-refractivity contribution in [1.82, 2.24) is 5.32 Å². The summed E-state index contributed by atoms with van der Waals surface area (Å²) >= 11 is 1.55. The molecule has 0 radical (unpaired) electrons. The zero-order valence-corrected chi connectivity index (χ0v) is 13.8. The second-order valence-electron chi connectivity index (χ2n) is 5.55. The lowest BCUT2D eigenvalue weighted by atomic mass is 9.90. The first kappa shape index (κ1) is 17.2. The summed E-state index contributed by atoms with van der Waals surface area (Å²) in [5, 5.41) is 4.71. The summed E-state index contributed by atoms with van der Waals surface area (Å²) in [6.45, 7) is 7.15. The topological polar surface area (TPSA) is 55.4 Å². The molecular formula is C16H21NO3S. The highest BCUT2D eigenvalue weighted by Gasteiger charge is 2.25. The minimum atomic E-state index is -0.413. The van der Waals surface area contributed by atoms with Gasteiger partial charge in [0.2, 0.25) is 5.91 Å². The molecule has 0 aromatic carbocycles. The van der Waals surface area contributed by atoms with Gasteiger partial charge in [0, 0.05) is 23.3 Å². The molecule has 21 heavy (non-hydrogen) atoms. The van der Waals surface area contributed by atoms with Crippen molar-refractivity contribution in [3.63, 3.8) is 0 Å². The molecular weight excluding hydrogens is 286 g/mol. The van der Waals surface area contributed by atoms with Crippen LogP contribution in [0.5, 0.6) is 0 Å². The molecule has 1 amide bonds. The lowest BCUT2D eigenvalue weighted by Gasteiger charge is -2.25. The van der Waals surface area contributed by atoms with Crippen LogP contribution < -0.4 is 5.32 Å². The van der Waals surface area contributed by atoms with Crippen molar-refractivity contribution >= 4 is 29.1 Å². The fraction of sp³-hybridized carbons (Fsp3) is 0.375. The van der Waals surface area contributed by atoms with Gasteiger partial charge in [0.15, 0.2) is 11.5 Å². The Bertz CT molecular complexity index is 563. The van der Waals surface area contributed by atoms with Crippen molar-refractivity contribution in [3.05, 3.63) is 39.9 Å². The number of ketones is 1. The molecule has 5 heteroatoms. The van der Waals surface area contributed by atoms with Crippen LogP contribution in [0.15, 0.2) is 35.0 Å². The minimum absolute atomic E-state index is 0.181. The average molecular weight is 307 g/mol. The van der Waals surface area contributed by atoms with Crippen LogP contribution in [0.4, 0.5) is 0 Å². The van der Waals surface area contributed by atoms with Crippen LogP contribution in [-0.4, -0.2) is 18.8 Å². The smallest absolute Gasteiger partial charge is 0.248 e.